The predicted molar refractivity (Wildman–Crippen MR) is 85.5 cm³/mol. The molecule has 1 aromatic carbocycles. The quantitative estimate of drug-likeness (QED) is 0.491. The Morgan fingerprint density at radius 1 is 1.08 bits per heavy atom. The van der Waals surface area contributed by atoms with Gasteiger partial charge in [0.15, 0.2) is 0 Å². The van der Waals surface area contributed by atoms with E-state index in [-0.39, 0.29) is 37.5 Å². The van der Waals surface area contributed by atoms with Crippen LogP contribution < -0.4 is 0 Å². The largest absolute Gasteiger partial charge is 0.465 e. The summed E-state index contributed by atoms with van der Waals surface area (Å²) in [7, 11) is 1.24. The molecule has 2 saturated carbocycles. The summed E-state index contributed by atoms with van der Waals surface area (Å²) >= 11 is 0. The molecule has 2 fully saturated rings. The molecule has 0 atom stereocenters. The van der Waals surface area contributed by atoms with Crippen LogP contribution >= 0.6 is 0 Å². The van der Waals surface area contributed by atoms with E-state index >= 15 is 0 Å². The summed E-state index contributed by atoms with van der Waals surface area (Å²) < 4.78 is 69.8. The summed E-state index contributed by atoms with van der Waals surface area (Å²) in [5.74, 6) is -4.99. The van der Waals surface area contributed by atoms with Gasteiger partial charge in [-0.1, -0.05) is 12.1 Å². The van der Waals surface area contributed by atoms with Crippen LogP contribution in [0.5, 0.6) is 0 Å². The zero-order chi connectivity index (χ0) is 19.1. The van der Waals surface area contributed by atoms with Crippen molar-refractivity contribution < 1.29 is 31.5 Å². The number of alkyl halides is 5. The average Bonchev–Trinajstić information content (AvgIpc) is 2.57. The maximum atomic E-state index is 13.2. The summed E-state index contributed by atoms with van der Waals surface area (Å²) in [6.07, 6.45) is -4.00. The second-order valence-corrected chi connectivity index (χ2v) is 7.39. The smallest absolute Gasteiger partial charge is 0.391 e. The minimum Gasteiger partial charge on any atom is -0.465 e. The van der Waals surface area contributed by atoms with Gasteiger partial charge in [-0.25, -0.2) is 13.6 Å². The van der Waals surface area contributed by atoms with Crippen molar-refractivity contribution in [1.82, 2.24) is 0 Å². The second kappa shape index (κ2) is 6.82. The van der Waals surface area contributed by atoms with Gasteiger partial charge in [0.2, 0.25) is 5.92 Å². The molecule has 0 unspecified atom stereocenters. The lowest BCUT2D eigenvalue weighted by atomic mass is 9.73. The molecule has 0 spiro atoms. The number of benzene rings is 1. The Labute approximate surface area is 148 Å². The highest BCUT2D eigenvalue weighted by molar-refractivity contribution is 5.91. The first-order chi connectivity index (χ1) is 12.1. The zero-order valence-corrected chi connectivity index (χ0v) is 14.4. The number of ether oxygens (including phenoxy) is 1. The Hall–Kier alpha value is -1.66. The molecule has 0 heterocycles. The monoisotopic (exact) mass is 376 g/mol. The molecule has 2 aliphatic carbocycles. The van der Waals surface area contributed by atoms with Crippen LogP contribution in [0.25, 0.3) is 0 Å². The average molecular weight is 376 g/mol. The van der Waals surface area contributed by atoms with E-state index in [1.807, 2.05) is 0 Å². The normalized spacial score (nSPS) is 26.2. The van der Waals surface area contributed by atoms with Gasteiger partial charge in [0.25, 0.3) is 0 Å². The molecule has 3 rings (SSSR count). The fraction of sp³-hybridized carbons (Fsp3) is 0.632. The Kier molecular flexibility index (Phi) is 5.01. The van der Waals surface area contributed by atoms with Gasteiger partial charge in [-0.3, -0.25) is 0 Å². The van der Waals surface area contributed by atoms with Crippen LogP contribution in [0.4, 0.5) is 22.0 Å². The van der Waals surface area contributed by atoms with E-state index in [2.05, 4.69) is 0 Å². The Morgan fingerprint density at radius 3 is 2.19 bits per heavy atom. The minimum atomic E-state index is -4.20. The lowest BCUT2D eigenvalue weighted by Gasteiger charge is -2.36. The molecular formula is C19H21F5O2. The van der Waals surface area contributed by atoms with Crippen molar-refractivity contribution in [3.63, 3.8) is 0 Å². The van der Waals surface area contributed by atoms with Crippen molar-refractivity contribution in [1.29, 1.82) is 0 Å². The van der Waals surface area contributed by atoms with E-state index in [9.17, 15) is 26.7 Å². The zero-order valence-electron chi connectivity index (χ0n) is 14.4. The van der Waals surface area contributed by atoms with Gasteiger partial charge in [-0.05, 0) is 54.7 Å². The third-order valence-electron chi connectivity index (χ3n) is 5.67. The standard InChI is InChI=1S/C19H21F5O2/c1-26-17(25)15-7-4-12(13-9-18(20,21)10-13)8-16(15)11-2-5-14(6-3-11)19(22,23)24/h4,7-8,11,13-14H,2-3,5-6,9-10H2,1H3/t11-,14-. The highest BCUT2D eigenvalue weighted by Crippen LogP contribution is 2.49. The topological polar surface area (TPSA) is 26.3 Å². The van der Waals surface area contributed by atoms with E-state index < -0.39 is 24.0 Å². The van der Waals surface area contributed by atoms with Gasteiger partial charge in [0, 0.05) is 12.8 Å². The second-order valence-electron chi connectivity index (χ2n) is 7.39. The first-order valence-electron chi connectivity index (χ1n) is 8.77. The molecule has 0 aromatic heterocycles. The molecule has 2 aliphatic rings. The molecule has 7 heteroatoms. The lowest BCUT2D eigenvalue weighted by Crippen LogP contribution is -2.33. The van der Waals surface area contributed by atoms with E-state index in [1.54, 1.807) is 18.2 Å². The third-order valence-corrected chi connectivity index (χ3v) is 5.67. The van der Waals surface area contributed by atoms with Crippen LogP contribution in [0, 0.1) is 5.92 Å². The predicted octanol–water partition coefficient (Wildman–Crippen LogP) is 5.82. The maximum absolute atomic E-state index is 13.2. The Morgan fingerprint density at radius 2 is 1.69 bits per heavy atom. The fourth-order valence-electron chi connectivity index (χ4n) is 4.10. The van der Waals surface area contributed by atoms with Crippen LogP contribution in [0.2, 0.25) is 0 Å². The van der Waals surface area contributed by atoms with Crippen LogP contribution in [-0.2, 0) is 4.74 Å². The molecule has 0 N–H and O–H groups in total. The molecule has 0 bridgehead atoms. The van der Waals surface area contributed by atoms with Crippen molar-refractivity contribution in [2.75, 3.05) is 7.11 Å². The number of rotatable bonds is 3. The van der Waals surface area contributed by atoms with Crippen molar-refractivity contribution in [3.8, 4) is 0 Å². The third kappa shape index (κ3) is 3.86. The number of hydrogen-bond donors (Lipinski definition) is 0. The van der Waals surface area contributed by atoms with Gasteiger partial charge in [0.05, 0.1) is 18.6 Å². The van der Waals surface area contributed by atoms with Gasteiger partial charge >= 0.3 is 12.1 Å². The van der Waals surface area contributed by atoms with Crippen molar-refractivity contribution in [2.45, 2.75) is 62.5 Å². The highest BCUT2D eigenvalue weighted by Gasteiger charge is 2.46. The molecule has 0 amide bonds. The Balaban J connectivity index is 1.83. The highest BCUT2D eigenvalue weighted by atomic mass is 19.4. The molecule has 144 valence electrons. The fourth-order valence-corrected chi connectivity index (χ4v) is 4.10. The minimum absolute atomic E-state index is 0.0144. The SMILES string of the molecule is COC(=O)c1ccc(C2CC(F)(F)C2)cc1[C@H]1CC[C@H](C(F)(F)F)CC1. The van der Waals surface area contributed by atoms with E-state index in [0.717, 1.165) is 5.56 Å². The van der Waals surface area contributed by atoms with Crippen LogP contribution in [0.3, 0.4) is 0 Å². The number of hydrogen-bond acceptors (Lipinski definition) is 2. The number of carbonyl (C=O) groups is 1. The molecular weight excluding hydrogens is 355 g/mol. The van der Waals surface area contributed by atoms with Crippen molar-refractivity contribution >= 4 is 5.97 Å². The van der Waals surface area contributed by atoms with Gasteiger partial charge in [-0.15, -0.1) is 0 Å². The van der Waals surface area contributed by atoms with Gasteiger partial charge < -0.3 is 4.74 Å². The van der Waals surface area contributed by atoms with Crippen molar-refractivity contribution in [2.24, 2.45) is 5.92 Å². The van der Waals surface area contributed by atoms with Gasteiger partial charge in [-0.2, -0.15) is 13.2 Å². The van der Waals surface area contributed by atoms with Crippen LogP contribution in [0.1, 0.15) is 71.8 Å². The molecule has 1 aromatic rings. The number of esters is 1. The lowest BCUT2D eigenvalue weighted by molar-refractivity contribution is -0.182. The molecule has 26 heavy (non-hydrogen) atoms. The summed E-state index contributed by atoms with van der Waals surface area (Å²) in [6.45, 7) is 0. The van der Waals surface area contributed by atoms with Crippen LogP contribution in [-0.4, -0.2) is 25.2 Å². The van der Waals surface area contributed by atoms with E-state index in [4.69, 9.17) is 4.74 Å². The molecule has 0 saturated heterocycles. The van der Waals surface area contributed by atoms with Gasteiger partial charge in [0.1, 0.15) is 0 Å². The first-order valence-corrected chi connectivity index (χ1v) is 8.77. The number of methoxy groups -OCH3 is 1. The number of halogens is 5. The molecule has 2 nitrogen and oxygen atoms in total. The van der Waals surface area contributed by atoms with E-state index in [0.29, 0.717) is 24.0 Å². The summed E-state index contributed by atoms with van der Waals surface area (Å²) in [6, 6.07) is 4.94. The molecule has 0 radical (unpaired) electrons. The van der Waals surface area contributed by atoms with Crippen molar-refractivity contribution in [3.05, 3.63) is 34.9 Å². The van der Waals surface area contributed by atoms with E-state index in [1.165, 1.54) is 7.11 Å². The van der Waals surface area contributed by atoms with Crippen LogP contribution in [0.15, 0.2) is 18.2 Å². The summed E-state index contributed by atoms with van der Waals surface area (Å²) in [5, 5.41) is 0. The first kappa shape index (κ1) is 19.1. The Bertz CT molecular complexity index is 667. The maximum Gasteiger partial charge on any atom is 0.391 e. The number of carbonyl (C=O) groups excluding carboxylic acids is 1. The molecule has 0 aliphatic heterocycles. The summed E-state index contributed by atoms with van der Waals surface area (Å²) in [4.78, 5) is 12.0. The summed E-state index contributed by atoms with van der Waals surface area (Å²) in [5.41, 5.74) is 1.67.